The highest BCUT2D eigenvalue weighted by Gasteiger charge is 2.40. The third-order valence-electron chi connectivity index (χ3n) is 4.98. The van der Waals surface area contributed by atoms with E-state index in [4.69, 9.17) is 4.74 Å². The number of rotatable bonds is 6. The first-order chi connectivity index (χ1) is 13.8. The number of ether oxygens (including phenoxy) is 1. The molecule has 4 atom stereocenters. The highest BCUT2D eigenvalue weighted by atomic mass is 19.4. The molecule has 1 aliphatic carbocycles. The van der Waals surface area contributed by atoms with Crippen LogP contribution in [-0.4, -0.2) is 53.8 Å². The van der Waals surface area contributed by atoms with Crippen LogP contribution < -0.4 is 4.90 Å². The molecule has 1 saturated carbocycles. The first kappa shape index (κ1) is 24.4. The summed E-state index contributed by atoms with van der Waals surface area (Å²) in [5.41, 5.74) is -0.0874. The number of anilines is 1. The van der Waals surface area contributed by atoms with Crippen molar-refractivity contribution in [3.63, 3.8) is 0 Å². The molecule has 30 heavy (non-hydrogen) atoms. The van der Waals surface area contributed by atoms with Gasteiger partial charge in [0.15, 0.2) is 6.10 Å². The van der Waals surface area contributed by atoms with Gasteiger partial charge in [-0.3, -0.25) is 4.79 Å². The lowest BCUT2D eigenvalue weighted by atomic mass is 9.84. The van der Waals surface area contributed by atoms with E-state index in [0.29, 0.717) is 5.69 Å². The van der Waals surface area contributed by atoms with Crippen LogP contribution in [-0.2, 0) is 9.53 Å². The minimum atomic E-state index is -4.82. The molecule has 1 aliphatic rings. The highest BCUT2D eigenvalue weighted by Crippen LogP contribution is 2.34. The van der Waals surface area contributed by atoms with Crippen molar-refractivity contribution in [3.8, 4) is 0 Å². The van der Waals surface area contributed by atoms with Gasteiger partial charge < -0.3 is 19.8 Å². The van der Waals surface area contributed by atoms with Crippen molar-refractivity contribution in [3.05, 3.63) is 29.8 Å². The molecule has 0 spiro atoms. The second-order valence-electron chi connectivity index (χ2n) is 7.16. The molecule has 0 aliphatic heterocycles. The quantitative estimate of drug-likeness (QED) is 0.658. The summed E-state index contributed by atoms with van der Waals surface area (Å²) in [7, 11) is 0. The normalized spacial score (nSPS) is 23.8. The maximum Gasteiger partial charge on any atom is 0.418 e. The van der Waals surface area contributed by atoms with Crippen LogP contribution >= 0.6 is 0 Å². The Morgan fingerprint density at radius 2 is 1.77 bits per heavy atom. The van der Waals surface area contributed by atoms with E-state index in [1.54, 1.807) is 6.92 Å². The average molecular weight is 443 g/mol. The van der Waals surface area contributed by atoms with Gasteiger partial charge in [0.2, 0.25) is 5.91 Å². The van der Waals surface area contributed by atoms with Gasteiger partial charge >= 0.3 is 12.4 Å². The Morgan fingerprint density at radius 1 is 1.17 bits per heavy atom. The van der Waals surface area contributed by atoms with Crippen LogP contribution in [0.2, 0.25) is 0 Å². The van der Waals surface area contributed by atoms with Crippen LogP contribution in [0.3, 0.4) is 0 Å². The predicted octanol–water partition coefficient (Wildman–Crippen LogP) is 3.74. The Balaban J connectivity index is 2.10. The lowest BCUT2D eigenvalue weighted by Crippen LogP contribution is -2.44. The molecular formula is C19H23F6NO4. The van der Waals surface area contributed by atoms with Gasteiger partial charge in [-0.2, -0.15) is 26.3 Å². The van der Waals surface area contributed by atoms with Gasteiger partial charge in [-0.25, -0.2) is 0 Å². The summed E-state index contributed by atoms with van der Waals surface area (Å²) >= 11 is 0. The maximum absolute atomic E-state index is 12.9. The molecule has 4 unspecified atom stereocenters. The fraction of sp³-hybridized carbons (Fsp3) is 0.632. The molecule has 0 aromatic heterocycles. The van der Waals surface area contributed by atoms with E-state index in [1.165, 1.54) is 17.0 Å². The van der Waals surface area contributed by atoms with Crippen molar-refractivity contribution >= 4 is 11.6 Å². The Bertz CT molecular complexity index is 706. The molecule has 170 valence electrons. The van der Waals surface area contributed by atoms with Crippen molar-refractivity contribution in [1.82, 2.24) is 0 Å². The van der Waals surface area contributed by atoms with Crippen LogP contribution in [0.1, 0.15) is 37.9 Å². The monoisotopic (exact) mass is 443 g/mol. The predicted molar refractivity (Wildman–Crippen MR) is 94.6 cm³/mol. The van der Waals surface area contributed by atoms with Gasteiger partial charge in [0.1, 0.15) is 6.61 Å². The summed E-state index contributed by atoms with van der Waals surface area (Å²) in [6.45, 7) is 0.287. The molecule has 1 amide bonds. The molecule has 2 rings (SSSR count). The van der Waals surface area contributed by atoms with E-state index < -0.39 is 49.1 Å². The number of nitrogens with zero attached hydrogens (tertiary/aromatic N) is 1. The van der Waals surface area contributed by atoms with Crippen LogP contribution in [0, 0.1) is 5.92 Å². The zero-order chi connectivity index (χ0) is 22.7. The molecule has 1 fully saturated rings. The second kappa shape index (κ2) is 9.52. The molecule has 0 heterocycles. The molecule has 5 nitrogen and oxygen atoms in total. The summed E-state index contributed by atoms with van der Waals surface area (Å²) < 4.78 is 79.8. The van der Waals surface area contributed by atoms with Crippen molar-refractivity contribution in [2.75, 3.05) is 18.1 Å². The fourth-order valence-corrected chi connectivity index (χ4v) is 3.43. The van der Waals surface area contributed by atoms with Crippen LogP contribution in [0.4, 0.5) is 32.0 Å². The summed E-state index contributed by atoms with van der Waals surface area (Å²) in [5.74, 6) is -1.12. The van der Waals surface area contributed by atoms with E-state index in [2.05, 4.69) is 0 Å². The largest absolute Gasteiger partial charge is 0.418 e. The van der Waals surface area contributed by atoms with Crippen LogP contribution in [0.15, 0.2) is 24.3 Å². The third-order valence-corrected chi connectivity index (χ3v) is 4.98. The van der Waals surface area contributed by atoms with Gasteiger partial charge in [0.25, 0.3) is 0 Å². The zero-order valence-corrected chi connectivity index (χ0v) is 16.1. The van der Waals surface area contributed by atoms with Gasteiger partial charge in [-0.1, -0.05) is 12.1 Å². The van der Waals surface area contributed by atoms with Gasteiger partial charge in [-0.05, 0) is 43.9 Å². The summed E-state index contributed by atoms with van der Waals surface area (Å²) in [6, 6.07) is 4.65. The zero-order valence-electron chi connectivity index (χ0n) is 16.1. The molecular weight excluding hydrogens is 420 g/mol. The Morgan fingerprint density at radius 3 is 2.27 bits per heavy atom. The number of benzene rings is 1. The number of aliphatic hydroxyl groups excluding tert-OH is 2. The molecule has 2 N–H and O–H groups in total. The number of alkyl halides is 6. The van der Waals surface area contributed by atoms with Crippen molar-refractivity contribution in [2.24, 2.45) is 5.92 Å². The second-order valence-corrected chi connectivity index (χ2v) is 7.16. The van der Waals surface area contributed by atoms with E-state index in [9.17, 15) is 41.4 Å². The number of hydrogen-bond acceptors (Lipinski definition) is 4. The molecule has 11 heteroatoms. The number of carbonyl (C=O) groups is 1. The van der Waals surface area contributed by atoms with E-state index >= 15 is 0 Å². The Kier molecular flexibility index (Phi) is 7.75. The molecule has 0 saturated heterocycles. The number of aliphatic hydroxyl groups is 2. The van der Waals surface area contributed by atoms with Gasteiger partial charge in [0.05, 0.1) is 12.2 Å². The smallest absolute Gasteiger partial charge is 0.390 e. The maximum atomic E-state index is 12.9. The molecule has 1 aromatic rings. The molecule has 0 bridgehead atoms. The summed E-state index contributed by atoms with van der Waals surface area (Å²) in [5, 5.41) is 19.2. The average Bonchev–Trinajstić information content (AvgIpc) is 2.66. The van der Waals surface area contributed by atoms with Gasteiger partial charge in [0, 0.05) is 18.2 Å². The Hall–Kier alpha value is -1.85. The number of amides is 1. The summed E-state index contributed by atoms with van der Waals surface area (Å²) in [4.78, 5) is 14.2. The third kappa shape index (κ3) is 6.32. The SMILES string of the molecule is CCN(C(=O)C1CCC(O)C(OCC(F)(F)F)C1)c1ccc(C(O)C(F)(F)F)cc1. The van der Waals surface area contributed by atoms with Crippen LogP contribution in [0.5, 0.6) is 0 Å². The van der Waals surface area contributed by atoms with Crippen molar-refractivity contribution in [2.45, 2.75) is 56.9 Å². The van der Waals surface area contributed by atoms with Gasteiger partial charge in [-0.15, -0.1) is 0 Å². The first-order valence-corrected chi connectivity index (χ1v) is 9.36. The van der Waals surface area contributed by atoms with Crippen molar-refractivity contribution < 1.29 is 46.1 Å². The van der Waals surface area contributed by atoms with E-state index in [0.717, 1.165) is 12.1 Å². The molecule has 0 radical (unpaired) electrons. The topological polar surface area (TPSA) is 70.0 Å². The highest BCUT2D eigenvalue weighted by molar-refractivity contribution is 5.95. The lowest BCUT2D eigenvalue weighted by Gasteiger charge is -2.35. The Labute approximate surface area is 169 Å². The fourth-order valence-electron chi connectivity index (χ4n) is 3.43. The van der Waals surface area contributed by atoms with E-state index in [-0.39, 0.29) is 31.4 Å². The number of halogens is 6. The van der Waals surface area contributed by atoms with E-state index in [1.807, 2.05) is 0 Å². The van der Waals surface area contributed by atoms with Crippen LogP contribution in [0.25, 0.3) is 0 Å². The minimum absolute atomic E-state index is 0.0905. The lowest BCUT2D eigenvalue weighted by molar-refractivity contribution is -0.206. The summed E-state index contributed by atoms with van der Waals surface area (Å²) in [6.07, 6.45) is -14.1. The number of carbonyl (C=O) groups excluding carboxylic acids is 1. The molecule has 1 aromatic carbocycles. The first-order valence-electron chi connectivity index (χ1n) is 9.36. The number of hydrogen-bond donors (Lipinski definition) is 2. The minimum Gasteiger partial charge on any atom is -0.390 e. The standard InChI is InChI=1S/C19H23F6NO4/c1-2-26(13-6-3-11(4-7-13)16(28)19(23,24)25)17(29)12-5-8-14(27)15(9-12)30-10-18(20,21)22/h3-4,6-7,12,14-16,27-28H,2,5,8-10H2,1H3. The van der Waals surface area contributed by atoms with Crippen molar-refractivity contribution in [1.29, 1.82) is 0 Å².